The van der Waals surface area contributed by atoms with Gasteiger partial charge in [-0.1, -0.05) is 36.4 Å². The molecule has 0 spiro atoms. The van der Waals surface area contributed by atoms with Gasteiger partial charge >= 0.3 is 0 Å². The Bertz CT molecular complexity index is 1140. The van der Waals surface area contributed by atoms with E-state index in [0.717, 1.165) is 35.6 Å². The monoisotopic (exact) mass is 472 g/mol. The minimum absolute atomic E-state index is 0.0383. The fourth-order valence-corrected chi connectivity index (χ4v) is 4.00. The molecule has 1 atom stereocenters. The van der Waals surface area contributed by atoms with Gasteiger partial charge in [0.05, 0.1) is 25.1 Å². The van der Waals surface area contributed by atoms with Crippen LogP contribution < -0.4 is 15.5 Å². The second-order valence-electron chi connectivity index (χ2n) is 8.91. The summed E-state index contributed by atoms with van der Waals surface area (Å²) in [6, 6.07) is 18.1. The van der Waals surface area contributed by atoms with Crippen LogP contribution in [0.15, 0.2) is 66.9 Å². The first-order valence-electron chi connectivity index (χ1n) is 12.0. The highest BCUT2D eigenvalue weighted by atomic mass is 16.5. The van der Waals surface area contributed by atoms with E-state index in [4.69, 9.17) is 4.74 Å². The molecule has 3 aromatic rings. The largest absolute Gasteiger partial charge is 0.374 e. The van der Waals surface area contributed by atoms with Crippen LogP contribution in [0.5, 0.6) is 0 Å². The molecule has 0 saturated carbocycles. The Morgan fingerprint density at radius 1 is 1.00 bits per heavy atom. The molecule has 1 fully saturated rings. The normalized spacial score (nSPS) is 13.9. The lowest BCUT2D eigenvalue weighted by molar-refractivity contribution is -0.119. The van der Waals surface area contributed by atoms with Crippen LogP contribution >= 0.6 is 0 Å². The number of aromatic nitrogens is 1. The second-order valence-corrected chi connectivity index (χ2v) is 8.91. The van der Waals surface area contributed by atoms with Gasteiger partial charge in [-0.3, -0.25) is 9.59 Å². The van der Waals surface area contributed by atoms with E-state index in [1.165, 1.54) is 12.8 Å². The fourth-order valence-electron chi connectivity index (χ4n) is 4.00. The Balaban J connectivity index is 1.43. The summed E-state index contributed by atoms with van der Waals surface area (Å²) >= 11 is 0. The average molecular weight is 473 g/mol. The minimum atomic E-state index is -0.869. The second kappa shape index (κ2) is 11.6. The molecule has 1 aliphatic rings. The molecule has 7 nitrogen and oxygen atoms in total. The van der Waals surface area contributed by atoms with Gasteiger partial charge in [0.15, 0.2) is 0 Å². The molecular formula is C28H32N4O3. The van der Waals surface area contributed by atoms with Crippen molar-refractivity contribution in [3.63, 3.8) is 0 Å². The molecule has 2 aromatic carbocycles. The highest BCUT2D eigenvalue weighted by Crippen LogP contribution is 2.19. The number of hydrogen-bond acceptors (Lipinski definition) is 5. The number of nitrogens with one attached hydrogen (secondary N) is 2. The van der Waals surface area contributed by atoms with Crippen molar-refractivity contribution < 1.29 is 14.3 Å². The van der Waals surface area contributed by atoms with Gasteiger partial charge in [0.1, 0.15) is 11.9 Å². The number of aryl methyl sites for hydroxylation is 2. The van der Waals surface area contributed by atoms with E-state index in [9.17, 15) is 9.59 Å². The van der Waals surface area contributed by atoms with E-state index in [-0.39, 0.29) is 18.4 Å². The van der Waals surface area contributed by atoms with Crippen LogP contribution in [-0.4, -0.2) is 42.5 Å². The number of anilines is 2. The van der Waals surface area contributed by atoms with E-state index >= 15 is 0 Å². The van der Waals surface area contributed by atoms with Gasteiger partial charge in [-0.2, -0.15) is 0 Å². The molecule has 1 saturated heterocycles. The minimum Gasteiger partial charge on any atom is -0.374 e. The van der Waals surface area contributed by atoms with E-state index in [1.807, 2.05) is 68.4 Å². The first-order valence-corrected chi connectivity index (χ1v) is 12.0. The molecule has 2 heterocycles. The molecule has 1 aliphatic heterocycles. The molecule has 0 bridgehead atoms. The van der Waals surface area contributed by atoms with Gasteiger partial charge in [0.25, 0.3) is 5.91 Å². The maximum atomic E-state index is 13.1. The molecule has 4 rings (SSSR count). The third-order valence-corrected chi connectivity index (χ3v) is 6.23. The molecule has 35 heavy (non-hydrogen) atoms. The van der Waals surface area contributed by atoms with Crippen molar-refractivity contribution in [3.05, 3.63) is 89.1 Å². The summed E-state index contributed by atoms with van der Waals surface area (Å²) in [6.07, 6.45) is 3.99. The summed E-state index contributed by atoms with van der Waals surface area (Å²) in [7, 11) is 0. The third-order valence-electron chi connectivity index (χ3n) is 6.23. The summed E-state index contributed by atoms with van der Waals surface area (Å²) in [6.45, 7) is 6.34. The number of benzene rings is 2. The van der Waals surface area contributed by atoms with Crippen molar-refractivity contribution in [2.45, 2.75) is 39.3 Å². The summed E-state index contributed by atoms with van der Waals surface area (Å²) in [4.78, 5) is 32.8. The van der Waals surface area contributed by atoms with Gasteiger partial charge in [0.2, 0.25) is 5.91 Å². The number of carbonyl (C=O) groups excluding carboxylic acids is 2. The molecule has 1 aromatic heterocycles. The predicted octanol–water partition coefficient (Wildman–Crippen LogP) is 4.25. The van der Waals surface area contributed by atoms with Crippen LogP contribution in [0.2, 0.25) is 0 Å². The van der Waals surface area contributed by atoms with Crippen molar-refractivity contribution in [1.82, 2.24) is 10.3 Å². The maximum Gasteiger partial charge on any atom is 0.252 e. The summed E-state index contributed by atoms with van der Waals surface area (Å²) < 4.78 is 5.81. The highest BCUT2D eigenvalue weighted by Gasteiger charge is 2.23. The number of pyridine rings is 1. The summed E-state index contributed by atoms with van der Waals surface area (Å²) in [5, 5.41) is 5.71. The van der Waals surface area contributed by atoms with Crippen LogP contribution in [0.3, 0.4) is 0 Å². The Morgan fingerprint density at radius 3 is 2.46 bits per heavy atom. The first-order chi connectivity index (χ1) is 17.0. The SMILES string of the molecule is Cc1ccc(C(=O)N[C@H](COCc2ccccc2)C(=O)Nc2ccc(N3CCCC3)nc2)cc1C. The lowest BCUT2D eigenvalue weighted by Crippen LogP contribution is -2.46. The molecule has 0 unspecified atom stereocenters. The van der Waals surface area contributed by atoms with Gasteiger partial charge in [-0.05, 0) is 67.6 Å². The Hall–Kier alpha value is -3.71. The number of carbonyl (C=O) groups is 2. The quantitative estimate of drug-likeness (QED) is 0.486. The van der Waals surface area contributed by atoms with E-state index in [0.29, 0.717) is 17.9 Å². The maximum absolute atomic E-state index is 13.1. The van der Waals surface area contributed by atoms with Crippen molar-refractivity contribution in [2.75, 3.05) is 29.9 Å². The van der Waals surface area contributed by atoms with Gasteiger partial charge in [0, 0.05) is 18.7 Å². The van der Waals surface area contributed by atoms with Crippen molar-refractivity contribution in [2.24, 2.45) is 0 Å². The number of amides is 2. The molecule has 182 valence electrons. The smallest absolute Gasteiger partial charge is 0.252 e. The van der Waals surface area contributed by atoms with E-state index in [1.54, 1.807) is 12.3 Å². The van der Waals surface area contributed by atoms with Crippen LogP contribution in [0, 0.1) is 13.8 Å². The van der Waals surface area contributed by atoms with Crippen LogP contribution in [0.4, 0.5) is 11.5 Å². The van der Waals surface area contributed by atoms with Crippen molar-refractivity contribution in [3.8, 4) is 0 Å². The van der Waals surface area contributed by atoms with Crippen molar-refractivity contribution >= 4 is 23.3 Å². The lowest BCUT2D eigenvalue weighted by atomic mass is 10.1. The van der Waals surface area contributed by atoms with Gasteiger partial charge in [-0.25, -0.2) is 4.98 Å². The molecule has 2 amide bonds. The predicted molar refractivity (Wildman–Crippen MR) is 138 cm³/mol. The standard InChI is InChI=1S/C28H32N4O3/c1-20-10-11-23(16-21(20)2)27(33)31-25(19-35-18-22-8-4-3-5-9-22)28(34)30-24-12-13-26(29-17-24)32-14-6-7-15-32/h3-5,8-13,16-17,25H,6-7,14-15,18-19H2,1-2H3,(H,30,34)(H,31,33)/t25-/m1/s1. The Labute approximate surface area is 206 Å². The topological polar surface area (TPSA) is 83.6 Å². The Kier molecular flexibility index (Phi) is 8.11. The van der Waals surface area contributed by atoms with E-state index < -0.39 is 6.04 Å². The van der Waals surface area contributed by atoms with Gasteiger partial charge < -0.3 is 20.3 Å². The molecule has 0 radical (unpaired) electrons. The van der Waals surface area contributed by atoms with Crippen LogP contribution in [-0.2, 0) is 16.1 Å². The summed E-state index contributed by atoms with van der Waals surface area (Å²) in [5.74, 6) is 0.233. The third kappa shape index (κ3) is 6.67. The highest BCUT2D eigenvalue weighted by molar-refractivity contribution is 6.01. The zero-order valence-corrected chi connectivity index (χ0v) is 20.3. The molecular weight excluding hydrogens is 440 g/mol. The molecule has 2 N–H and O–H groups in total. The first kappa shape index (κ1) is 24.4. The zero-order valence-electron chi connectivity index (χ0n) is 20.3. The average Bonchev–Trinajstić information content (AvgIpc) is 3.41. The van der Waals surface area contributed by atoms with Crippen LogP contribution in [0.25, 0.3) is 0 Å². The van der Waals surface area contributed by atoms with Crippen molar-refractivity contribution in [1.29, 1.82) is 0 Å². The summed E-state index contributed by atoms with van der Waals surface area (Å²) in [5.41, 5.74) is 4.20. The Morgan fingerprint density at radius 2 is 1.77 bits per heavy atom. The molecule has 0 aliphatic carbocycles. The lowest BCUT2D eigenvalue weighted by Gasteiger charge is -2.20. The number of hydrogen-bond donors (Lipinski definition) is 2. The fraction of sp³-hybridized carbons (Fsp3) is 0.321. The number of rotatable bonds is 9. The van der Waals surface area contributed by atoms with Crippen LogP contribution in [0.1, 0.15) is 39.9 Å². The number of ether oxygens (including phenoxy) is 1. The van der Waals surface area contributed by atoms with E-state index in [2.05, 4.69) is 20.5 Å². The zero-order chi connectivity index (χ0) is 24.6. The number of nitrogens with zero attached hydrogens (tertiary/aromatic N) is 2. The molecule has 7 heteroatoms. The van der Waals surface area contributed by atoms with Gasteiger partial charge in [-0.15, -0.1) is 0 Å².